The van der Waals surface area contributed by atoms with Crippen molar-refractivity contribution in [3.63, 3.8) is 0 Å². The third-order valence-corrected chi connectivity index (χ3v) is 5.58. The van der Waals surface area contributed by atoms with Crippen molar-refractivity contribution in [2.75, 3.05) is 13.6 Å². The van der Waals surface area contributed by atoms with Crippen LogP contribution in [0, 0.1) is 24.7 Å². The van der Waals surface area contributed by atoms with E-state index in [1.165, 1.54) is 0 Å². The lowest BCUT2D eigenvalue weighted by atomic mass is 9.61. The molecular weight excluding hydrogens is 305 g/mol. The topological polar surface area (TPSA) is 46.3 Å². The number of aryl methyl sites for hydroxylation is 2. The van der Waals surface area contributed by atoms with Gasteiger partial charge in [0.15, 0.2) is 0 Å². The first-order chi connectivity index (χ1) is 11.2. The molecule has 2 heterocycles. The molecule has 0 aromatic carbocycles. The second-order valence-corrected chi connectivity index (χ2v) is 7.45. The largest absolute Gasteiger partial charge is 0.300 e. The van der Waals surface area contributed by atoms with Crippen molar-refractivity contribution in [2.24, 2.45) is 29.9 Å². The van der Waals surface area contributed by atoms with Crippen LogP contribution in [-0.2, 0) is 12.5 Å². The molecule has 0 bridgehead atoms. The van der Waals surface area contributed by atoms with E-state index in [1.54, 1.807) is 16.8 Å². The number of hydrogen-bond acceptors (Lipinski definition) is 4. The maximum atomic E-state index is 14.4. The number of allylic oxidation sites excluding steroid dienone is 4. The Morgan fingerprint density at radius 3 is 2.58 bits per heavy atom. The zero-order valence-electron chi connectivity index (χ0n) is 15.3. The summed E-state index contributed by atoms with van der Waals surface area (Å²) >= 11 is 0. The molecule has 1 aromatic heterocycles. The van der Waals surface area contributed by atoms with Gasteiger partial charge >= 0.3 is 0 Å². The molecule has 0 spiro atoms. The van der Waals surface area contributed by atoms with Gasteiger partial charge in [0.05, 0.1) is 11.4 Å². The van der Waals surface area contributed by atoms with Crippen LogP contribution in [0.25, 0.3) is 0 Å². The first-order valence-electron chi connectivity index (χ1n) is 8.42. The maximum absolute atomic E-state index is 14.4. The van der Waals surface area contributed by atoms with Gasteiger partial charge in [-0.2, -0.15) is 5.10 Å². The molecule has 0 saturated heterocycles. The van der Waals surface area contributed by atoms with Gasteiger partial charge in [0.2, 0.25) is 0 Å². The molecule has 2 aliphatic rings. The van der Waals surface area contributed by atoms with Gasteiger partial charge in [0.1, 0.15) is 5.83 Å². The van der Waals surface area contributed by atoms with Crippen molar-refractivity contribution < 1.29 is 4.39 Å². The van der Waals surface area contributed by atoms with Crippen molar-refractivity contribution in [3.05, 3.63) is 34.9 Å². The fraction of sp³-hybridized carbons (Fsp3) is 0.611. The van der Waals surface area contributed by atoms with E-state index in [0.717, 1.165) is 23.5 Å². The van der Waals surface area contributed by atoms with Crippen LogP contribution >= 0.6 is 0 Å². The van der Waals surface area contributed by atoms with Crippen LogP contribution in [0.2, 0.25) is 0 Å². The van der Waals surface area contributed by atoms with Gasteiger partial charge in [-0.3, -0.25) is 9.69 Å². The van der Waals surface area contributed by atoms with Gasteiger partial charge < -0.3 is 0 Å². The Morgan fingerprint density at radius 1 is 1.33 bits per heavy atom. The molecule has 1 aromatic rings. The van der Waals surface area contributed by atoms with Gasteiger partial charge in [-0.05, 0) is 44.8 Å². The highest BCUT2D eigenvalue weighted by Crippen LogP contribution is 2.48. The summed E-state index contributed by atoms with van der Waals surface area (Å²) in [5.41, 5.74) is 2.41. The third-order valence-electron chi connectivity index (χ3n) is 5.58. The van der Waals surface area contributed by atoms with Gasteiger partial charge in [-0.1, -0.05) is 17.7 Å². The van der Waals surface area contributed by atoms with Gasteiger partial charge in [0, 0.05) is 38.2 Å². The molecule has 0 N–H and O–H groups in total. The Labute approximate surface area is 142 Å². The Bertz CT molecular complexity index is 712. The zero-order chi connectivity index (χ0) is 17.6. The van der Waals surface area contributed by atoms with Crippen LogP contribution in [0.1, 0.15) is 32.2 Å². The normalized spacial score (nSPS) is 31.2. The molecule has 4 unspecified atom stereocenters. The molecule has 6 heteroatoms. The highest BCUT2D eigenvalue weighted by atomic mass is 19.1. The third kappa shape index (κ3) is 2.58. The molecule has 1 aliphatic carbocycles. The standard InChI is InChI=1S/C18H26FN5/c1-11-7-15(19)8-18(4,17-13(3)21-22-24(17)6)16(11)12(2)14-9-20-23(5)10-14/h7-9,12,14,16H,10H2,1-6H3. The van der Waals surface area contributed by atoms with E-state index in [4.69, 9.17) is 0 Å². The highest BCUT2D eigenvalue weighted by molar-refractivity contribution is 5.63. The van der Waals surface area contributed by atoms with Crippen molar-refractivity contribution >= 4 is 6.21 Å². The molecule has 0 saturated carbocycles. The molecule has 4 atom stereocenters. The molecule has 0 fully saturated rings. The van der Waals surface area contributed by atoms with Crippen molar-refractivity contribution in [1.82, 2.24) is 20.0 Å². The minimum atomic E-state index is -0.486. The van der Waals surface area contributed by atoms with Crippen LogP contribution in [0.5, 0.6) is 0 Å². The zero-order valence-corrected chi connectivity index (χ0v) is 15.3. The average Bonchev–Trinajstić information content (AvgIpc) is 3.04. The minimum absolute atomic E-state index is 0.163. The summed E-state index contributed by atoms with van der Waals surface area (Å²) in [4.78, 5) is 0. The van der Waals surface area contributed by atoms with Crippen molar-refractivity contribution in [2.45, 2.75) is 33.1 Å². The summed E-state index contributed by atoms with van der Waals surface area (Å²) in [5, 5.41) is 14.7. The number of nitrogens with zero attached hydrogens (tertiary/aromatic N) is 5. The Balaban J connectivity index is 2.08. The fourth-order valence-electron chi connectivity index (χ4n) is 4.72. The summed E-state index contributed by atoms with van der Waals surface area (Å²) in [6.07, 6.45) is 5.43. The minimum Gasteiger partial charge on any atom is -0.300 e. The van der Waals surface area contributed by atoms with Crippen LogP contribution in [0.3, 0.4) is 0 Å². The molecule has 3 rings (SSSR count). The second kappa shape index (κ2) is 5.83. The van der Waals surface area contributed by atoms with Crippen LogP contribution in [0.15, 0.2) is 28.7 Å². The number of hydrogen-bond donors (Lipinski definition) is 0. The second-order valence-electron chi connectivity index (χ2n) is 7.45. The summed E-state index contributed by atoms with van der Waals surface area (Å²) in [5.74, 6) is 0.643. The number of hydrazone groups is 1. The smallest absolute Gasteiger partial charge is 0.120 e. The summed E-state index contributed by atoms with van der Waals surface area (Å²) < 4.78 is 16.1. The molecular formula is C18H26FN5. The van der Waals surface area contributed by atoms with Crippen LogP contribution in [-0.4, -0.2) is 39.8 Å². The molecule has 0 radical (unpaired) electrons. The SMILES string of the molecule is CC1=CC(F)=CC(C)(c2c(C)nnn2C)C1C(C)C1C=NN(C)C1. The van der Waals surface area contributed by atoms with E-state index in [0.29, 0.717) is 11.8 Å². The lowest BCUT2D eigenvalue weighted by molar-refractivity contribution is 0.219. The number of halogens is 1. The Morgan fingerprint density at radius 2 is 2.04 bits per heavy atom. The van der Waals surface area contributed by atoms with E-state index >= 15 is 0 Å². The van der Waals surface area contributed by atoms with Gasteiger partial charge in [-0.25, -0.2) is 4.39 Å². The average molecular weight is 331 g/mol. The monoisotopic (exact) mass is 331 g/mol. The molecule has 1 aliphatic heterocycles. The number of aromatic nitrogens is 3. The highest BCUT2D eigenvalue weighted by Gasteiger charge is 2.46. The molecule has 130 valence electrons. The predicted molar refractivity (Wildman–Crippen MR) is 93.3 cm³/mol. The van der Waals surface area contributed by atoms with E-state index in [9.17, 15) is 4.39 Å². The van der Waals surface area contributed by atoms with Gasteiger partial charge in [-0.15, -0.1) is 5.10 Å². The van der Waals surface area contributed by atoms with Gasteiger partial charge in [0.25, 0.3) is 0 Å². The van der Waals surface area contributed by atoms with Crippen LogP contribution < -0.4 is 0 Å². The Hall–Kier alpha value is -1.98. The quantitative estimate of drug-likeness (QED) is 0.855. The Kier molecular flexibility index (Phi) is 4.10. The van der Waals surface area contributed by atoms with Crippen LogP contribution in [0.4, 0.5) is 4.39 Å². The number of rotatable bonds is 3. The van der Waals surface area contributed by atoms with E-state index in [-0.39, 0.29) is 11.7 Å². The molecule has 5 nitrogen and oxygen atoms in total. The first-order valence-corrected chi connectivity index (χ1v) is 8.42. The first kappa shape index (κ1) is 16.9. The lowest BCUT2D eigenvalue weighted by Gasteiger charge is -2.43. The molecule has 0 amide bonds. The van der Waals surface area contributed by atoms with E-state index < -0.39 is 5.41 Å². The van der Waals surface area contributed by atoms with E-state index in [2.05, 4.69) is 29.3 Å². The van der Waals surface area contributed by atoms with E-state index in [1.807, 2.05) is 39.2 Å². The predicted octanol–water partition coefficient (Wildman–Crippen LogP) is 2.99. The van der Waals surface area contributed by atoms with Crippen molar-refractivity contribution in [1.29, 1.82) is 0 Å². The molecule has 24 heavy (non-hydrogen) atoms. The lowest BCUT2D eigenvalue weighted by Crippen LogP contribution is -2.42. The summed E-state index contributed by atoms with van der Waals surface area (Å²) in [7, 11) is 3.87. The fourth-order valence-corrected chi connectivity index (χ4v) is 4.72. The maximum Gasteiger partial charge on any atom is 0.120 e. The van der Waals surface area contributed by atoms with Crippen molar-refractivity contribution in [3.8, 4) is 0 Å². The summed E-state index contributed by atoms with van der Waals surface area (Å²) in [6, 6.07) is 0. The summed E-state index contributed by atoms with van der Waals surface area (Å²) in [6.45, 7) is 9.22.